The zero-order valence-electron chi connectivity index (χ0n) is 12.6. The maximum Gasteiger partial charge on any atom is 0.326 e. The molecule has 0 aromatic heterocycles. The quantitative estimate of drug-likeness (QED) is 0.629. The van der Waals surface area contributed by atoms with Crippen LogP contribution in [0.3, 0.4) is 0 Å². The van der Waals surface area contributed by atoms with E-state index in [0.717, 1.165) is 4.90 Å². The van der Waals surface area contributed by atoms with E-state index in [9.17, 15) is 24.3 Å². The van der Waals surface area contributed by atoms with Crippen LogP contribution in [0.5, 0.6) is 0 Å². The van der Waals surface area contributed by atoms with Gasteiger partial charge in [-0.2, -0.15) is 0 Å². The van der Waals surface area contributed by atoms with E-state index in [0.29, 0.717) is 6.42 Å². The van der Waals surface area contributed by atoms with Gasteiger partial charge in [0, 0.05) is 0 Å². The number of hydrogen-bond donors (Lipinski definition) is 3. The summed E-state index contributed by atoms with van der Waals surface area (Å²) >= 11 is 0. The zero-order valence-corrected chi connectivity index (χ0v) is 12.6. The van der Waals surface area contributed by atoms with Crippen molar-refractivity contribution in [3.05, 3.63) is 0 Å². The number of imide groups is 1. The van der Waals surface area contributed by atoms with Crippen LogP contribution in [0, 0.1) is 5.92 Å². The van der Waals surface area contributed by atoms with E-state index in [1.807, 2.05) is 6.92 Å². The molecule has 1 heterocycles. The SMILES string of the molecule is CCC(C)[C@H](NC(=O)N1CC(=O)NC(=O)C1(C)C)C(=O)O. The molecule has 118 valence electrons. The predicted octanol–water partition coefficient (Wildman–Crippen LogP) is -0.0677. The summed E-state index contributed by atoms with van der Waals surface area (Å²) in [6.07, 6.45) is 0.570. The number of rotatable bonds is 4. The summed E-state index contributed by atoms with van der Waals surface area (Å²) in [5.74, 6) is -2.61. The van der Waals surface area contributed by atoms with Crippen molar-refractivity contribution >= 4 is 23.8 Å². The maximum absolute atomic E-state index is 12.3. The first-order valence-corrected chi connectivity index (χ1v) is 6.76. The molecular weight excluding hydrogens is 278 g/mol. The van der Waals surface area contributed by atoms with Crippen molar-refractivity contribution in [1.82, 2.24) is 15.5 Å². The van der Waals surface area contributed by atoms with E-state index in [-0.39, 0.29) is 12.5 Å². The van der Waals surface area contributed by atoms with Crippen molar-refractivity contribution in [2.75, 3.05) is 6.54 Å². The minimum Gasteiger partial charge on any atom is -0.480 e. The number of urea groups is 1. The molecule has 1 saturated heterocycles. The molecule has 0 aromatic rings. The first kappa shape index (κ1) is 16.9. The van der Waals surface area contributed by atoms with Crippen LogP contribution in [0.1, 0.15) is 34.1 Å². The Morgan fingerprint density at radius 1 is 1.43 bits per heavy atom. The number of carboxylic acid groups (broad SMARTS) is 1. The number of nitrogens with zero attached hydrogens (tertiary/aromatic N) is 1. The molecule has 21 heavy (non-hydrogen) atoms. The minimum atomic E-state index is -1.23. The largest absolute Gasteiger partial charge is 0.480 e. The Labute approximate surface area is 122 Å². The highest BCUT2D eigenvalue weighted by molar-refractivity contribution is 6.06. The molecule has 1 aliphatic rings. The standard InChI is InChI=1S/C13H21N3O5/c1-5-7(2)9(10(18)19)15-12(21)16-6-8(17)14-11(20)13(16,3)4/h7,9H,5-6H2,1-4H3,(H,15,21)(H,18,19)(H,14,17,20)/t7?,9-/m0/s1. The second kappa shape index (κ2) is 6.11. The van der Waals surface area contributed by atoms with Crippen LogP contribution in [0.15, 0.2) is 0 Å². The average Bonchev–Trinajstić information content (AvgIpc) is 2.38. The number of carbonyl (C=O) groups is 4. The predicted molar refractivity (Wildman–Crippen MR) is 73.3 cm³/mol. The first-order chi connectivity index (χ1) is 9.61. The molecule has 0 aromatic carbocycles. The third kappa shape index (κ3) is 3.50. The van der Waals surface area contributed by atoms with Gasteiger partial charge in [-0.1, -0.05) is 20.3 Å². The Bertz CT molecular complexity index is 474. The van der Waals surface area contributed by atoms with Gasteiger partial charge < -0.3 is 15.3 Å². The molecule has 0 radical (unpaired) electrons. The summed E-state index contributed by atoms with van der Waals surface area (Å²) in [5, 5.41) is 13.7. The average molecular weight is 299 g/mol. The van der Waals surface area contributed by atoms with Crippen molar-refractivity contribution in [3.8, 4) is 0 Å². The fourth-order valence-electron chi connectivity index (χ4n) is 2.00. The fourth-order valence-corrected chi connectivity index (χ4v) is 2.00. The molecule has 8 nitrogen and oxygen atoms in total. The van der Waals surface area contributed by atoms with Gasteiger partial charge >= 0.3 is 12.0 Å². The second-order valence-electron chi connectivity index (χ2n) is 5.67. The van der Waals surface area contributed by atoms with E-state index < -0.39 is 35.4 Å². The maximum atomic E-state index is 12.3. The van der Waals surface area contributed by atoms with Crippen LogP contribution in [-0.4, -0.2) is 51.9 Å². The third-order valence-corrected chi connectivity index (χ3v) is 3.79. The van der Waals surface area contributed by atoms with E-state index in [4.69, 9.17) is 0 Å². The molecule has 8 heteroatoms. The molecule has 0 spiro atoms. The molecule has 1 rings (SSSR count). The summed E-state index contributed by atoms with van der Waals surface area (Å²) in [6, 6.07) is -1.81. The number of hydrogen-bond acceptors (Lipinski definition) is 4. The lowest BCUT2D eigenvalue weighted by atomic mass is 9.98. The first-order valence-electron chi connectivity index (χ1n) is 6.76. The van der Waals surface area contributed by atoms with E-state index in [1.54, 1.807) is 6.92 Å². The summed E-state index contributed by atoms with van der Waals surface area (Å²) in [5.41, 5.74) is -1.23. The molecule has 0 bridgehead atoms. The molecule has 4 amide bonds. The highest BCUT2D eigenvalue weighted by Crippen LogP contribution is 2.19. The summed E-state index contributed by atoms with van der Waals surface area (Å²) in [7, 11) is 0. The molecule has 0 aliphatic carbocycles. The van der Waals surface area contributed by atoms with Gasteiger partial charge in [-0.3, -0.25) is 14.9 Å². The Balaban J connectivity index is 2.93. The zero-order chi connectivity index (χ0) is 16.4. The van der Waals surface area contributed by atoms with Gasteiger partial charge in [0.05, 0.1) is 0 Å². The normalized spacial score (nSPS) is 20.5. The van der Waals surface area contributed by atoms with Crippen LogP contribution in [0.25, 0.3) is 0 Å². The van der Waals surface area contributed by atoms with Gasteiger partial charge in [-0.05, 0) is 19.8 Å². The number of carbonyl (C=O) groups excluding carboxylic acids is 3. The minimum absolute atomic E-state index is 0.274. The lowest BCUT2D eigenvalue weighted by Crippen LogP contribution is -2.68. The van der Waals surface area contributed by atoms with Gasteiger partial charge in [0.15, 0.2) is 0 Å². The smallest absolute Gasteiger partial charge is 0.326 e. The number of amides is 4. The Kier molecular flexibility index (Phi) is 4.93. The lowest BCUT2D eigenvalue weighted by Gasteiger charge is -2.40. The molecule has 2 atom stereocenters. The van der Waals surface area contributed by atoms with Crippen LogP contribution in [0.2, 0.25) is 0 Å². The van der Waals surface area contributed by atoms with Crippen LogP contribution in [0.4, 0.5) is 4.79 Å². The molecule has 3 N–H and O–H groups in total. The van der Waals surface area contributed by atoms with E-state index >= 15 is 0 Å². The molecule has 1 aliphatic heterocycles. The van der Waals surface area contributed by atoms with Gasteiger partial charge in [-0.15, -0.1) is 0 Å². The highest BCUT2D eigenvalue weighted by Gasteiger charge is 2.44. The summed E-state index contributed by atoms with van der Waals surface area (Å²) < 4.78 is 0. The third-order valence-electron chi connectivity index (χ3n) is 3.79. The molecular formula is C13H21N3O5. The Hall–Kier alpha value is -2.12. The van der Waals surface area contributed by atoms with Crippen molar-refractivity contribution in [2.45, 2.75) is 45.7 Å². The molecule has 0 saturated carbocycles. The van der Waals surface area contributed by atoms with Gasteiger partial charge in [0.2, 0.25) is 5.91 Å². The summed E-state index contributed by atoms with van der Waals surface area (Å²) in [4.78, 5) is 47.7. The van der Waals surface area contributed by atoms with Crippen molar-refractivity contribution < 1.29 is 24.3 Å². The van der Waals surface area contributed by atoms with Gasteiger partial charge in [0.25, 0.3) is 5.91 Å². The van der Waals surface area contributed by atoms with Crippen molar-refractivity contribution in [3.63, 3.8) is 0 Å². The van der Waals surface area contributed by atoms with Crippen LogP contribution >= 0.6 is 0 Å². The Morgan fingerprint density at radius 3 is 2.48 bits per heavy atom. The van der Waals surface area contributed by atoms with Gasteiger partial charge in [0.1, 0.15) is 18.1 Å². The lowest BCUT2D eigenvalue weighted by molar-refractivity contribution is -0.142. The van der Waals surface area contributed by atoms with Gasteiger partial charge in [-0.25, -0.2) is 9.59 Å². The van der Waals surface area contributed by atoms with E-state index in [2.05, 4.69) is 10.6 Å². The van der Waals surface area contributed by atoms with Crippen LogP contribution in [-0.2, 0) is 14.4 Å². The topological polar surface area (TPSA) is 116 Å². The molecule has 1 unspecified atom stereocenters. The summed E-state index contributed by atoms with van der Waals surface area (Å²) in [6.45, 7) is 6.21. The number of nitrogens with one attached hydrogen (secondary N) is 2. The number of aliphatic carboxylic acids is 1. The second-order valence-corrected chi connectivity index (χ2v) is 5.67. The monoisotopic (exact) mass is 299 g/mol. The van der Waals surface area contributed by atoms with Crippen molar-refractivity contribution in [1.29, 1.82) is 0 Å². The fraction of sp³-hybridized carbons (Fsp3) is 0.692. The Morgan fingerprint density at radius 2 is 2.00 bits per heavy atom. The van der Waals surface area contributed by atoms with Crippen LogP contribution < -0.4 is 10.6 Å². The highest BCUT2D eigenvalue weighted by atomic mass is 16.4. The number of carboxylic acids is 1. The number of piperazine rings is 1. The van der Waals surface area contributed by atoms with E-state index in [1.165, 1.54) is 13.8 Å². The van der Waals surface area contributed by atoms with Crippen molar-refractivity contribution in [2.24, 2.45) is 5.92 Å². The molecule has 1 fully saturated rings.